The fourth-order valence-electron chi connectivity index (χ4n) is 6.97. The predicted octanol–water partition coefficient (Wildman–Crippen LogP) is 10.3. The van der Waals surface area contributed by atoms with Crippen molar-refractivity contribution in [3.63, 3.8) is 0 Å². The molecule has 0 aliphatic carbocycles. The summed E-state index contributed by atoms with van der Waals surface area (Å²) in [5.41, 5.74) is 0. The summed E-state index contributed by atoms with van der Waals surface area (Å²) < 4.78 is 11.2. The molecule has 0 radical (unpaired) electrons. The van der Waals surface area contributed by atoms with Crippen molar-refractivity contribution in [2.45, 2.75) is 217 Å². The quantitative estimate of drug-likeness (QED) is 0.0266. The van der Waals surface area contributed by atoms with Crippen molar-refractivity contribution in [2.75, 3.05) is 13.2 Å². The lowest BCUT2D eigenvalue weighted by Gasteiger charge is -2.40. The van der Waals surface area contributed by atoms with Gasteiger partial charge in [0.15, 0.2) is 6.29 Å². The first-order chi connectivity index (χ1) is 29.3. The van der Waals surface area contributed by atoms with E-state index in [-0.39, 0.29) is 18.9 Å². The van der Waals surface area contributed by atoms with Crippen LogP contribution < -0.4 is 5.32 Å². The summed E-state index contributed by atoms with van der Waals surface area (Å²) in [4.78, 5) is 13.0. The van der Waals surface area contributed by atoms with Gasteiger partial charge in [0.1, 0.15) is 24.4 Å². The zero-order chi connectivity index (χ0) is 43.7. The average molecular weight is 842 g/mol. The van der Waals surface area contributed by atoms with Crippen molar-refractivity contribution >= 4 is 5.91 Å². The third-order valence-corrected chi connectivity index (χ3v) is 10.8. The molecule has 9 nitrogen and oxygen atoms in total. The number of aliphatic hydroxyl groups is 5. The van der Waals surface area contributed by atoms with E-state index in [9.17, 15) is 30.3 Å². The van der Waals surface area contributed by atoms with Gasteiger partial charge in [0, 0.05) is 6.42 Å². The molecule has 9 heteroatoms. The Morgan fingerprint density at radius 2 is 1.02 bits per heavy atom. The van der Waals surface area contributed by atoms with Crippen LogP contribution in [0.4, 0.5) is 0 Å². The highest BCUT2D eigenvalue weighted by Crippen LogP contribution is 2.23. The van der Waals surface area contributed by atoms with Crippen LogP contribution in [0.15, 0.2) is 85.1 Å². The summed E-state index contributed by atoms with van der Waals surface area (Å²) in [5.74, 6) is -0.206. The number of unbranched alkanes of at least 4 members (excludes halogenated alkanes) is 14. The zero-order valence-corrected chi connectivity index (χ0v) is 37.7. The summed E-state index contributed by atoms with van der Waals surface area (Å²) >= 11 is 0. The van der Waals surface area contributed by atoms with Crippen LogP contribution in [0.3, 0.4) is 0 Å². The molecule has 6 N–H and O–H groups in total. The smallest absolute Gasteiger partial charge is 0.220 e. The van der Waals surface area contributed by atoms with E-state index in [1.165, 1.54) is 70.6 Å². The number of carbonyl (C=O) groups is 1. The normalized spacial score (nSPS) is 21.4. The second-order valence-corrected chi connectivity index (χ2v) is 16.2. The average Bonchev–Trinajstić information content (AvgIpc) is 3.25. The third-order valence-electron chi connectivity index (χ3n) is 10.8. The molecule has 7 unspecified atom stereocenters. The minimum absolute atomic E-state index is 0.167. The predicted molar refractivity (Wildman–Crippen MR) is 248 cm³/mol. The second-order valence-electron chi connectivity index (χ2n) is 16.2. The Morgan fingerprint density at radius 3 is 1.47 bits per heavy atom. The molecule has 1 amide bonds. The van der Waals surface area contributed by atoms with E-state index in [4.69, 9.17) is 9.47 Å². The number of nitrogens with one attached hydrogen (secondary N) is 1. The first-order valence-corrected chi connectivity index (χ1v) is 23.8. The van der Waals surface area contributed by atoms with Gasteiger partial charge in [-0.05, 0) is 64.2 Å². The summed E-state index contributed by atoms with van der Waals surface area (Å²) in [6.07, 6.45) is 48.8. The number of rotatable bonds is 38. The number of allylic oxidation sites excluding steroid dienone is 14. The molecule has 1 heterocycles. The monoisotopic (exact) mass is 842 g/mol. The van der Waals surface area contributed by atoms with Crippen LogP contribution in [-0.4, -0.2) is 87.5 Å². The van der Waals surface area contributed by atoms with Gasteiger partial charge in [0.2, 0.25) is 5.91 Å². The molecule has 0 spiro atoms. The van der Waals surface area contributed by atoms with Crippen molar-refractivity contribution in [2.24, 2.45) is 0 Å². The molecule has 0 aromatic carbocycles. The number of aliphatic hydroxyl groups excluding tert-OH is 5. The molecule has 1 fully saturated rings. The highest BCUT2D eigenvalue weighted by atomic mass is 16.7. The molecule has 1 saturated heterocycles. The van der Waals surface area contributed by atoms with Gasteiger partial charge in [-0.1, -0.05) is 189 Å². The van der Waals surface area contributed by atoms with Gasteiger partial charge >= 0.3 is 0 Å². The zero-order valence-electron chi connectivity index (χ0n) is 37.7. The summed E-state index contributed by atoms with van der Waals surface area (Å²) in [6, 6.07) is -0.754. The maximum atomic E-state index is 13.0. The van der Waals surface area contributed by atoms with Crippen LogP contribution in [0.1, 0.15) is 174 Å². The second kappa shape index (κ2) is 40.4. The number of ether oxygens (including phenoxy) is 2. The van der Waals surface area contributed by atoms with E-state index < -0.39 is 49.5 Å². The van der Waals surface area contributed by atoms with Gasteiger partial charge in [-0.25, -0.2) is 0 Å². The van der Waals surface area contributed by atoms with E-state index in [0.717, 1.165) is 70.6 Å². The van der Waals surface area contributed by atoms with Crippen LogP contribution in [0.2, 0.25) is 0 Å². The number of carbonyl (C=O) groups excluding carboxylic acids is 1. The minimum Gasteiger partial charge on any atom is -0.394 e. The van der Waals surface area contributed by atoms with Gasteiger partial charge in [0.25, 0.3) is 0 Å². The molecular formula is C51H87NO8. The molecular weight excluding hydrogens is 755 g/mol. The Morgan fingerprint density at radius 1 is 0.583 bits per heavy atom. The third kappa shape index (κ3) is 30.4. The summed E-state index contributed by atoms with van der Waals surface area (Å²) in [5, 5.41) is 54.3. The number of hydrogen-bond acceptors (Lipinski definition) is 8. The fraction of sp³-hybridized carbons (Fsp3) is 0.706. The van der Waals surface area contributed by atoms with Crippen molar-refractivity contribution in [1.29, 1.82) is 0 Å². The van der Waals surface area contributed by atoms with Crippen LogP contribution in [0, 0.1) is 0 Å². The first kappa shape index (κ1) is 55.4. The highest BCUT2D eigenvalue weighted by Gasteiger charge is 2.44. The Kier molecular flexibility index (Phi) is 37.3. The lowest BCUT2D eigenvalue weighted by Crippen LogP contribution is -2.60. The van der Waals surface area contributed by atoms with Crippen LogP contribution in [-0.2, 0) is 14.3 Å². The largest absolute Gasteiger partial charge is 0.394 e. The fourth-order valence-corrected chi connectivity index (χ4v) is 6.97. The molecule has 60 heavy (non-hydrogen) atoms. The van der Waals surface area contributed by atoms with Crippen molar-refractivity contribution in [3.05, 3.63) is 85.1 Å². The molecule has 344 valence electrons. The Bertz CT molecular complexity index is 1210. The lowest BCUT2D eigenvalue weighted by atomic mass is 9.99. The van der Waals surface area contributed by atoms with E-state index >= 15 is 0 Å². The SMILES string of the molecule is CC/C=C\C/C=C\C/C=C\C/C=C\C/C=C\C/C=C\C/C=C\CCCC(=O)NC(COC1OC(CO)C(O)C(O)C1O)C(O)CCCCCCCCCCCCCCCC. The van der Waals surface area contributed by atoms with E-state index in [0.29, 0.717) is 12.8 Å². The Balaban J connectivity index is 2.37. The lowest BCUT2D eigenvalue weighted by molar-refractivity contribution is -0.302. The van der Waals surface area contributed by atoms with Crippen molar-refractivity contribution < 1.29 is 39.8 Å². The van der Waals surface area contributed by atoms with E-state index in [1.54, 1.807) is 0 Å². The first-order valence-electron chi connectivity index (χ1n) is 23.8. The molecule has 0 bridgehead atoms. The Hall–Kier alpha value is -2.63. The summed E-state index contributed by atoms with van der Waals surface area (Å²) in [6.45, 7) is 3.67. The van der Waals surface area contributed by atoms with Crippen LogP contribution >= 0.6 is 0 Å². The standard InChI is InChI=1S/C51H87NO8/c1-3-5-7-9-11-13-15-17-19-20-21-22-23-24-25-26-27-29-31-33-35-37-39-41-47(55)52-44(43-59-51-50(58)49(57)48(56)46(42-53)60-51)45(54)40-38-36-34-32-30-28-18-16-14-12-10-8-6-4-2/h5,7,11,13,17,19,21-22,24-25,27,29,33,35,44-46,48-51,53-54,56-58H,3-4,6,8-10,12,14-16,18,20,23,26,28,30-32,34,36-43H2,1-2H3,(H,52,55)/b7-5-,13-11-,19-17-,22-21-,25-24-,29-27-,35-33-. The highest BCUT2D eigenvalue weighted by molar-refractivity contribution is 5.76. The molecule has 0 saturated carbocycles. The van der Waals surface area contributed by atoms with Gasteiger partial charge in [-0.3, -0.25) is 4.79 Å². The van der Waals surface area contributed by atoms with Gasteiger partial charge < -0.3 is 40.3 Å². The Labute approximate surface area is 365 Å². The maximum absolute atomic E-state index is 13.0. The maximum Gasteiger partial charge on any atom is 0.220 e. The molecule has 1 rings (SSSR count). The molecule has 1 aliphatic heterocycles. The van der Waals surface area contributed by atoms with E-state index in [1.807, 2.05) is 0 Å². The summed E-state index contributed by atoms with van der Waals surface area (Å²) in [7, 11) is 0. The van der Waals surface area contributed by atoms with Crippen molar-refractivity contribution in [1.82, 2.24) is 5.32 Å². The number of hydrogen-bond donors (Lipinski definition) is 6. The molecule has 0 aromatic rings. The topological polar surface area (TPSA) is 149 Å². The number of amides is 1. The minimum atomic E-state index is -1.57. The molecule has 7 atom stereocenters. The van der Waals surface area contributed by atoms with Crippen LogP contribution in [0.25, 0.3) is 0 Å². The van der Waals surface area contributed by atoms with Crippen LogP contribution in [0.5, 0.6) is 0 Å². The van der Waals surface area contributed by atoms with E-state index in [2.05, 4.69) is 104 Å². The molecule has 0 aromatic heterocycles. The molecule has 1 aliphatic rings. The van der Waals surface area contributed by atoms with Gasteiger partial charge in [-0.15, -0.1) is 0 Å². The van der Waals surface area contributed by atoms with Crippen molar-refractivity contribution in [3.8, 4) is 0 Å². The van der Waals surface area contributed by atoms with Gasteiger partial charge in [-0.2, -0.15) is 0 Å². The van der Waals surface area contributed by atoms with Gasteiger partial charge in [0.05, 0.1) is 25.4 Å².